The Balaban J connectivity index is 1.91. The van der Waals surface area contributed by atoms with Gasteiger partial charge in [-0.25, -0.2) is 0 Å². The Kier molecular flexibility index (Phi) is 4.69. The molecule has 0 bridgehead atoms. The number of halogens is 1. The molecule has 0 saturated carbocycles. The van der Waals surface area contributed by atoms with Crippen LogP contribution in [0.5, 0.6) is 0 Å². The SMILES string of the molecule is CCN1CCOC(CNc2c(N)cccc2Cl)C1. The van der Waals surface area contributed by atoms with E-state index < -0.39 is 0 Å². The Morgan fingerprint density at radius 3 is 3.11 bits per heavy atom. The molecule has 1 atom stereocenters. The Labute approximate surface area is 113 Å². The summed E-state index contributed by atoms with van der Waals surface area (Å²) in [6.07, 6.45) is 0.189. The number of ether oxygens (including phenoxy) is 1. The van der Waals surface area contributed by atoms with Crippen molar-refractivity contribution in [3.63, 3.8) is 0 Å². The maximum absolute atomic E-state index is 6.11. The number of nitrogens with one attached hydrogen (secondary N) is 1. The second-order valence-electron chi connectivity index (χ2n) is 4.47. The number of hydrogen-bond acceptors (Lipinski definition) is 4. The number of para-hydroxylation sites is 1. The fourth-order valence-electron chi connectivity index (χ4n) is 2.13. The molecular formula is C13H20ClN3O. The van der Waals surface area contributed by atoms with Crippen molar-refractivity contribution in [2.24, 2.45) is 0 Å². The van der Waals surface area contributed by atoms with Crippen molar-refractivity contribution in [3.8, 4) is 0 Å². The van der Waals surface area contributed by atoms with E-state index in [0.29, 0.717) is 10.7 Å². The first-order chi connectivity index (χ1) is 8.70. The molecule has 2 rings (SSSR count). The molecule has 0 aliphatic carbocycles. The summed E-state index contributed by atoms with van der Waals surface area (Å²) >= 11 is 6.11. The lowest BCUT2D eigenvalue weighted by Crippen LogP contribution is -2.45. The first-order valence-corrected chi connectivity index (χ1v) is 6.70. The number of nitrogen functional groups attached to an aromatic ring is 1. The number of nitrogens with two attached hydrogens (primary N) is 1. The summed E-state index contributed by atoms with van der Waals surface area (Å²) in [5.74, 6) is 0. The van der Waals surface area contributed by atoms with Crippen LogP contribution in [0.25, 0.3) is 0 Å². The van der Waals surface area contributed by atoms with Gasteiger partial charge in [-0.15, -0.1) is 0 Å². The van der Waals surface area contributed by atoms with Gasteiger partial charge in [-0.3, -0.25) is 4.90 Å². The average molecular weight is 270 g/mol. The van der Waals surface area contributed by atoms with Crippen molar-refractivity contribution in [2.45, 2.75) is 13.0 Å². The number of anilines is 2. The molecule has 1 aromatic rings. The molecule has 1 saturated heterocycles. The molecular weight excluding hydrogens is 250 g/mol. The number of rotatable bonds is 4. The Hall–Kier alpha value is -0.970. The summed E-state index contributed by atoms with van der Waals surface area (Å²) in [7, 11) is 0. The first kappa shape index (κ1) is 13.5. The average Bonchev–Trinajstić information content (AvgIpc) is 2.38. The maximum Gasteiger partial charge on any atom is 0.0874 e. The zero-order valence-electron chi connectivity index (χ0n) is 10.7. The molecule has 100 valence electrons. The van der Waals surface area contributed by atoms with Gasteiger partial charge in [0.05, 0.1) is 29.1 Å². The summed E-state index contributed by atoms with van der Waals surface area (Å²) in [6.45, 7) is 6.72. The third-order valence-electron chi connectivity index (χ3n) is 3.22. The zero-order chi connectivity index (χ0) is 13.0. The lowest BCUT2D eigenvalue weighted by molar-refractivity contribution is -0.0191. The molecule has 0 radical (unpaired) electrons. The van der Waals surface area contributed by atoms with Crippen LogP contribution in [0.2, 0.25) is 5.02 Å². The van der Waals surface area contributed by atoms with Gasteiger partial charge in [0.15, 0.2) is 0 Å². The fraction of sp³-hybridized carbons (Fsp3) is 0.538. The minimum absolute atomic E-state index is 0.189. The summed E-state index contributed by atoms with van der Waals surface area (Å²) < 4.78 is 5.72. The van der Waals surface area contributed by atoms with Crippen molar-refractivity contribution < 1.29 is 4.74 Å². The van der Waals surface area contributed by atoms with Gasteiger partial charge >= 0.3 is 0 Å². The topological polar surface area (TPSA) is 50.5 Å². The van der Waals surface area contributed by atoms with Gasteiger partial charge in [-0.1, -0.05) is 24.6 Å². The number of benzene rings is 1. The van der Waals surface area contributed by atoms with E-state index >= 15 is 0 Å². The molecule has 1 aromatic carbocycles. The van der Waals surface area contributed by atoms with Gasteiger partial charge in [0.25, 0.3) is 0 Å². The molecule has 5 heteroatoms. The van der Waals surface area contributed by atoms with Gasteiger partial charge in [-0.05, 0) is 18.7 Å². The van der Waals surface area contributed by atoms with Gasteiger partial charge in [0.1, 0.15) is 0 Å². The molecule has 3 N–H and O–H groups in total. The highest BCUT2D eigenvalue weighted by Gasteiger charge is 2.19. The van der Waals surface area contributed by atoms with E-state index in [1.165, 1.54) is 0 Å². The van der Waals surface area contributed by atoms with E-state index in [-0.39, 0.29) is 6.10 Å². The fourth-order valence-corrected chi connectivity index (χ4v) is 2.38. The van der Waals surface area contributed by atoms with Crippen LogP contribution in [-0.2, 0) is 4.74 Å². The molecule has 0 aromatic heterocycles. The number of likely N-dealkylation sites (N-methyl/N-ethyl adjacent to an activating group) is 1. The van der Waals surface area contributed by atoms with E-state index in [2.05, 4.69) is 17.1 Å². The standard InChI is InChI=1S/C13H20ClN3O/c1-2-17-6-7-18-10(9-17)8-16-13-11(14)4-3-5-12(13)15/h3-5,10,16H,2,6-9,15H2,1H3. The summed E-state index contributed by atoms with van der Waals surface area (Å²) in [6, 6.07) is 5.52. The van der Waals surface area contributed by atoms with E-state index in [0.717, 1.165) is 38.5 Å². The molecule has 0 spiro atoms. The predicted octanol–water partition coefficient (Wildman–Crippen LogP) is 2.05. The van der Waals surface area contributed by atoms with Crippen LogP contribution in [0.15, 0.2) is 18.2 Å². The largest absolute Gasteiger partial charge is 0.397 e. The number of morpholine rings is 1. The van der Waals surface area contributed by atoms with Crippen LogP contribution in [0.4, 0.5) is 11.4 Å². The van der Waals surface area contributed by atoms with Crippen LogP contribution >= 0.6 is 11.6 Å². The molecule has 1 unspecified atom stereocenters. The highest BCUT2D eigenvalue weighted by Crippen LogP contribution is 2.27. The first-order valence-electron chi connectivity index (χ1n) is 6.32. The maximum atomic E-state index is 6.11. The van der Waals surface area contributed by atoms with Gasteiger partial charge in [-0.2, -0.15) is 0 Å². The monoisotopic (exact) mass is 269 g/mol. The number of hydrogen-bond donors (Lipinski definition) is 2. The Morgan fingerprint density at radius 1 is 1.56 bits per heavy atom. The minimum atomic E-state index is 0.189. The van der Waals surface area contributed by atoms with Crippen LogP contribution < -0.4 is 11.1 Å². The van der Waals surface area contributed by atoms with Crippen molar-refractivity contribution in [1.29, 1.82) is 0 Å². The van der Waals surface area contributed by atoms with Crippen LogP contribution in [-0.4, -0.2) is 43.8 Å². The molecule has 4 nitrogen and oxygen atoms in total. The van der Waals surface area contributed by atoms with Gasteiger partial charge in [0.2, 0.25) is 0 Å². The lowest BCUT2D eigenvalue weighted by atomic mass is 10.2. The van der Waals surface area contributed by atoms with Gasteiger partial charge in [0, 0.05) is 19.6 Å². The zero-order valence-corrected chi connectivity index (χ0v) is 11.4. The third kappa shape index (κ3) is 3.28. The molecule has 18 heavy (non-hydrogen) atoms. The summed E-state index contributed by atoms with van der Waals surface area (Å²) in [5, 5.41) is 3.94. The molecule has 1 aliphatic heterocycles. The Morgan fingerprint density at radius 2 is 2.39 bits per heavy atom. The summed E-state index contributed by atoms with van der Waals surface area (Å²) in [4.78, 5) is 2.38. The molecule has 1 fully saturated rings. The van der Waals surface area contributed by atoms with Gasteiger partial charge < -0.3 is 15.8 Å². The molecule has 1 aliphatic rings. The molecule has 1 heterocycles. The Bertz CT molecular complexity index is 380. The predicted molar refractivity (Wildman–Crippen MR) is 76.2 cm³/mol. The van der Waals surface area contributed by atoms with Crippen LogP contribution in [0.3, 0.4) is 0 Å². The number of nitrogens with zero attached hydrogens (tertiary/aromatic N) is 1. The normalized spacial score (nSPS) is 20.9. The quantitative estimate of drug-likeness (QED) is 0.822. The minimum Gasteiger partial charge on any atom is -0.397 e. The van der Waals surface area contributed by atoms with E-state index in [1.54, 1.807) is 0 Å². The van der Waals surface area contributed by atoms with Crippen molar-refractivity contribution in [2.75, 3.05) is 43.8 Å². The molecule has 0 amide bonds. The summed E-state index contributed by atoms with van der Waals surface area (Å²) in [5.41, 5.74) is 7.37. The van der Waals surface area contributed by atoms with Crippen molar-refractivity contribution in [1.82, 2.24) is 4.90 Å². The highest BCUT2D eigenvalue weighted by molar-refractivity contribution is 6.33. The lowest BCUT2D eigenvalue weighted by Gasteiger charge is -2.32. The third-order valence-corrected chi connectivity index (χ3v) is 3.54. The van der Waals surface area contributed by atoms with E-state index in [4.69, 9.17) is 22.1 Å². The second kappa shape index (κ2) is 6.27. The highest BCUT2D eigenvalue weighted by atomic mass is 35.5. The smallest absolute Gasteiger partial charge is 0.0874 e. The van der Waals surface area contributed by atoms with Crippen molar-refractivity contribution >= 4 is 23.0 Å². The van der Waals surface area contributed by atoms with Crippen LogP contribution in [0.1, 0.15) is 6.92 Å². The van der Waals surface area contributed by atoms with E-state index in [9.17, 15) is 0 Å². The second-order valence-corrected chi connectivity index (χ2v) is 4.88. The van der Waals surface area contributed by atoms with Crippen molar-refractivity contribution in [3.05, 3.63) is 23.2 Å². The van der Waals surface area contributed by atoms with Crippen LogP contribution in [0, 0.1) is 0 Å². The van der Waals surface area contributed by atoms with E-state index in [1.807, 2.05) is 18.2 Å².